The summed E-state index contributed by atoms with van der Waals surface area (Å²) < 4.78 is 0.965. The predicted octanol–water partition coefficient (Wildman–Crippen LogP) is 4.12. The van der Waals surface area contributed by atoms with Crippen molar-refractivity contribution in [1.29, 1.82) is 0 Å². The third-order valence-corrected chi connectivity index (χ3v) is 4.50. The molecule has 0 bridgehead atoms. The highest BCUT2D eigenvalue weighted by molar-refractivity contribution is 8.01. The zero-order valence-corrected chi connectivity index (χ0v) is 13.3. The number of allylic oxidation sites excluding steroid dienone is 1. The first kappa shape index (κ1) is 16.2. The van der Waals surface area contributed by atoms with Crippen LogP contribution < -0.4 is 5.32 Å². The molecule has 1 aromatic heterocycles. The van der Waals surface area contributed by atoms with Gasteiger partial charge < -0.3 is 5.32 Å². The van der Waals surface area contributed by atoms with Gasteiger partial charge in [0.1, 0.15) is 4.88 Å². The fraction of sp³-hybridized carbons (Fsp3) is 0.571. The molecule has 0 saturated carbocycles. The van der Waals surface area contributed by atoms with Crippen molar-refractivity contribution in [2.75, 3.05) is 12.3 Å². The first-order valence-electron chi connectivity index (χ1n) is 6.79. The maximum absolute atomic E-state index is 11.8. The molecule has 0 radical (unpaired) electrons. The Morgan fingerprint density at radius 1 is 1.42 bits per heavy atom. The molecule has 0 fully saturated rings. The van der Waals surface area contributed by atoms with Crippen LogP contribution in [-0.4, -0.2) is 23.2 Å². The van der Waals surface area contributed by atoms with E-state index in [2.05, 4.69) is 36.3 Å². The van der Waals surface area contributed by atoms with Crippen molar-refractivity contribution in [1.82, 2.24) is 10.3 Å². The van der Waals surface area contributed by atoms with Crippen molar-refractivity contribution in [2.24, 2.45) is 0 Å². The van der Waals surface area contributed by atoms with Gasteiger partial charge in [0.05, 0.1) is 6.20 Å². The summed E-state index contributed by atoms with van der Waals surface area (Å²) in [5.41, 5.74) is 0. The Hall–Kier alpha value is -0.810. The lowest BCUT2D eigenvalue weighted by Crippen LogP contribution is -2.23. The lowest BCUT2D eigenvalue weighted by molar-refractivity contribution is 0.0958. The largest absolute Gasteiger partial charge is 0.351 e. The van der Waals surface area contributed by atoms with Crippen LogP contribution in [0.25, 0.3) is 0 Å². The van der Waals surface area contributed by atoms with E-state index in [1.807, 2.05) is 0 Å². The van der Waals surface area contributed by atoms with E-state index < -0.39 is 0 Å². The van der Waals surface area contributed by atoms with Gasteiger partial charge >= 0.3 is 0 Å². The van der Waals surface area contributed by atoms with Crippen LogP contribution in [0.4, 0.5) is 0 Å². The van der Waals surface area contributed by atoms with Crippen LogP contribution in [0.1, 0.15) is 49.2 Å². The average Bonchev–Trinajstić information content (AvgIpc) is 2.87. The SMILES string of the molecule is CCCC/C=C\CCNC(=O)c1cnc(SCC)s1. The number of carbonyl (C=O) groups excluding carboxylic acids is 1. The topological polar surface area (TPSA) is 42.0 Å². The van der Waals surface area contributed by atoms with Gasteiger partial charge in [-0.05, 0) is 18.6 Å². The van der Waals surface area contributed by atoms with Crippen molar-refractivity contribution < 1.29 is 4.79 Å². The van der Waals surface area contributed by atoms with E-state index in [1.165, 1.54) is 24.2 Å². The summed E-state index contributed by atoms with van der Waals surface area (Å²) in [6.45, 7) is 4.96. The van der Waals surface area contributed by atoms with E-state index in [1.54, 1.807) is 18.0 Å². The maximum Gasteiger partial charge on any atom is 0.263 e. The number of unbranched alkanes of at least 4 members (excludes halogenated alkanes) is 2. The molecule has 1 N–H and O–H groups in total. The zero-order chi connectivity index (χ0) is 13.9. The monoisotopic (exact) mass is 298 g/mol. The van der Waals surface area contributed by atoms with E-state index in [-0.39, 0.29) is 5.91 Å². The molecule has 3 nitrogen and oxygen atoms in total. The van der Waals surface area contributed by atoms with E-state index in [4.69, 9.17) is 0 Å². The van der Waals surface area contributed by atoms with E-state index in [9.17, 15) is 4.79 Å². The Labute approximate surface area is 123 Å². The summed E-state index contributed by atoms with van der Waals surface area (Å²) >= 11 is 3.13. The van der Waals surface area contributed by atoms with Crippen LogP contribution in [0.3, 0.4) is 0 Å². The Kier molecular flexibility index (Phi) is 8.58. The molecule has 0 unspecified atom stereocenters. The quantitative estimate of drug-likeness (QED) is 0.423. The Bertz CT molecular complexity index is 402. The van der Waals surface area contributed by atoms with Gasteiger partial charge in [-0.3, -0.25) is 4.79 Å². The van der Waals surface area contributed by atoms with Crippen molar-refractivity contribution in [3.05, 3.63) is 23.2 Å². The van der Waals surface area contributed by atoms with Crippen molar-refractivity contribution in [3.63, 3.8) is 0 Å². The molecular weight excluding hydrogens is 276 g/mol. The molecule has 0 saturated heterocycles. The standard InChI is InChI=1S/C14H22N2OS2/c1-3-5-6-7-8-9-10-15-13(17)12-11-16-14(19-12)18-4-2/h7-8,11H,3-6,9-10H2,1-2H3,(H,15,17)/b8-7-. The second-order valence-electron chi connectivity index (χ2n) is 4.08. The smallest absolute Gasteiger partial charge is 0.263 e. The summed E-state index contributed by atoms with van der Waals surface area (Å²) in [7, 11) is 0. The fourth-order valence-corrected chi connectivity index (χ4v) is 3.26. The molecule has 0 aliphatic heterocycles. The van der Waals surface area contributed by atoms with Crippen molar-refractivity contribution in [3.8, 4) is 0 Å². The molecule has 5 heteroatoms. The lowest BCUT2D eigenvalue weighted by atomic mass is 10.2. The van der Waals surface area contributed by atoms with E-state index in [0.717, 1.165) is 22.9 Å². The molecule has 106 valence electrons. The molecular formula is C14H22N2OS2. The van der Waals surface area contributed by atoms with Gasteiger partial charge in [0, 0.05) is 6.54 Å². The van der Waals surface area contributed by atoms with E-state index in [0.29, 0.717) is 11.4 Å². The zero-order valence-electron chi connectivity index (χ0n) is 11.6. The number of hydrogen-bond acceptors (Lipinski definition) is 4. The number of nitrogens with one attached hydrogen (secondary N) is 1. The minimum absolute atomic E-state index is 0.0117. The van der Waals surface area contributed by atoms with Crippen LogP contribution in [0.15, 0.2) is 22.7 Å². The number of carbonyl (C=O) groups is 1. The second kappa shape index (κ2) is 10.0. The number of thioether (sulfide) groups is 1. The first-order valence-corrected chi connectivity index (χ1v) is 8.60. The number of hydrogen-bond donors (Lipinski definition) is 1. The van der Waals surface area contributed by atoms with Gasteiger partial charge in [0.25, 0.3) is 5.91 Å². The molecule has 1 amide bonds. The summed E-state index contributed by atoms with van der Waals surface area (Å²) in [5.74, 6) is 0.972. The van der Waals surface area contributed by atoms with Crippen LogP contribution >= 0.6 is 23.1 Å². The number of aromatic nitrogens is 1. The van der Waals surface area contributed by atoms with E-state index >= 15 is 0 Å². The summed E-state index contributed by atoms with van der Waals surface area (Å²) in [5, 5.41) is 2.92. The summed E-state index contributed by atoms with van der Waals surface area (Å²) in [4.78, 5) is 16.7. The van der Waals surface area contributed by atoms with Crippen LogP contribution in [0.5, 0.6) is 0 Å². The minimum atomic E-state index is -0.0117. The van der Waals surface area contributed by atoms with Crippen LogP contribution in [-0.2, 0) is 0 Å². The van der Waals surface area contributed by atoms with Crippen molar-refractivity contribution in [2.45, 2.75) is 43.9 Å². The van der Waals surface area contributed by atoms with Gasteiger partial charge in [-0.1, -0.05) is 50.6 Å². The molecule has 1 heterocycles. The molecule has 0 atom stereocenters. The van der Waals surface area contributed by atoms with Gasteiger partial charge in [-0.2, -0.15) is 0 Å². The first-order chi connectivity index (χ1) is 9.27. The highest BCUT2D eigenvalue weighted by Gasteiger charge is 2.09. The number of amides is 1. The highest BCUT2D eigenvalue weighted by atomic mass is 32.2. The molecule has 19 heavy (non-hydrogen) atoms. The Balaban J connectivity index is 2.21. The minimum Gasteiger partial charge on any atom is -0.351 e. The summed E-state index contributed by atoms with van der Waals surface area (Å²) in [6.07, 6.45) is 10.5. The van der Waals surface area contributed by atoms with Gasteiger partial charge in [0.15, 0.2) is 4.34 Å². The third-order valence-electron chi connectivity index (χ3n) is 2.46. The summed E-state index contributed by atoms with van der Waals surface area (Å²) in [6, 6.07) is 0. The molecule has 1 aromatic rings. The normalized spacial score (nSPS) is 11.1. The van der Waals surface area contributed by atoms with Crippen LogP contribution in [0, 0.1) is 0 Å². The van der Waals surface area contributed by atoms with Gasteiger partial charge in [-0.25, -0.2) is 4.98 Å². The Morgan fingerprint density at radius 2 is 2.21 bits per heavy atom. The highest BCUT2D eigenvalue weighted by Crippen LogP contribution is 2.23. The third kappa shape index (κ3) is 6.78. The number of nitrogens with zero attached hydrogens (tertiary/aromatic N) is 1. The lowest BCUT2D eigenvalue weighted by Gasteiger charge is -1.99. The molecule has 0 spiro atoms. The molecule has 0 aliphatic carbocycles. The maximum atomic E-state index is 11.8. The fourth-order valence-electron chi connectivity index (χ4n) is 1.47. The van der Waals surface area contributed by atoms with Gasteiger partial charge in [-0.15, -0.1) is 11.3 Å². The average molecular weight is 298 g/mol. The number of rotatable bonds is 9. The molecule has 0 aliphatic rings. The Morgan fingerprint density at radius 3 is 2.95 bits per heavy atom. The molecule has 1 rings (SSSR count). The second-order valence-corrected chi connectivity index (χ2v) is 6.62. The molecule has 0 aromatic carbocycles. The van der Waals surface area contributed by atoms with Crippen LogP contribution in [0.2, 0.25) is 0 Å². The predicted molar refractivity (Wildman–Crippen MR) is 84.1 cm³/mol. The van der Waals surface area contributed by atoms with Crippen molar-refractivity contribution >= 4 is 29.0 Å². The number of thiazole rings is 1. The van der Waals surface area contributed by atoms with Gasteiger partial charge in [0.2, 0.25) is 0 Å².